The van der Waals surface area contributed by atoms with Gasteiger partial charge in [-0.2, -0.15) is 0 Å². The Kier molecular flexibility index (Phi) is 2.99. The Morgan fingerprint density at radius 1 is 1.56 bits per heavy atom. The lowest BCUT2D eigenvalue weighted by atomic mass is 10.1. The third-order valence-corrected chi connectivity index (χ3v) is 3.44. The molecule has 1 aromatic rings. The predicted octanol–water partition coefficient (Wildman–Crippen LogP) is 3.00. The van der Waals surface area contributed by atoms with Crippen molar-refractivity contribution >= 4 is 21.6 Å². The lowest BCUT2D eigenvalue weighted by Gasteiger charge is -2.11. The van der Waals surface area contributed by atoms with Crippen molar-refractivity contribution in [1.82, 2.24) is 5.32 Å². The molecule has 0 saturated heterocycles. The lowest BCUT2D eigenvalue weighted by Crippen LogP contribution is -2.27. The maximum Gasteiger partial charge on any atom is 0.275 e. The van der Waals surface area contributed by atoms with Crippen LogP contribution in [-0.4, -0.2) is 10.5 Å². The van der Waals surface area contributed by atoms with E-state index in [4.69, 9.17) is 0 Å². The van der Waals surface area contributed by atoms with Crippen LogP contribution in [0.4, 0.5) is 5.69 Å². The fourth-order valence-electron chi connectivity index (χ4n) is 1.53. The molecule has 0 amide bonds. The third-order valence-electron chi connectivity index (χ3n) is 2.95. The van der Waals surface area contributed by atoms with E-state index in [9.17, 15) is 10.1 Å². The van der Waals surface area contributed by atoms with Crippen LogP contribution >= 0.6 is 15.9 Å². The van der Waals surface area contributed by atoms with Crippen LogP contribution in [0.2, 0.25) is 0 Å². The summed E-state index contributed by atoms with van der Waals surface area (Å²) in [6.07, 6.45) is 2.30. The molecule has 0 radical (unpaired) electrons. The molecule has 0 aromatic heterocycles. The average molecular weight is 285 g/mol. The lowest BCUT2D eigenvalue weighted by molar-refractivity contribution is -0.385. The minimum absolute atomic E-state index is 0.172. The molecule has 1 aliphatic carbocycles. The Morgan fingerprint density at radius 2 is 2.25 bits per heavy atom. The van der Waals surface area contributed by atoms with E-state index in [0.29, 0.717) is 6.54 Å². The molecule has 0 bridgehead atoms. The summed E-state index contributed by atoms with van der Waals surface area (Å²) in [4.78, 5) is 10.5. The summed E-state index contributed by atoms with van der Waals surface area (Å²) < 4.78 is 0.737. The van der Waals surface area contributed by atoms with Gasteiger partial charge in [0.25, 0.3) is 5.69 Å². The summed E-state index contributed by atoms with van der Waals surface area (Å²) in [7, 11) is 0. The SMILES string of the molecule is CC1(NCc2ccc(Br)cc2[N+](=O)[O-])CC1. The Labute approximate surface area is 102 Å². The highest BCUT2D eigenvalue weighted by Gasteiger charge is 2.36. The second-order valence-corrected chi connectivity index (χ2v) is 5.36. The summed E-state index contributed by atoms with van der Waals surface area (Å²) in [5.74, 6) is 0. The monoisotopic (exact) mass is 284 g/mol. The largest absolute Gasteiger partial charge is 0.307 e. The maximum atomic E-state index is 10.9. The second-order valence-electron chi connectivity index (χ2n) is 4.44. The van der Waals surface area contributed by atoms with Gasteiger partial charge >= 0.3 is 0 Å². The van der Waals surface area contributed by atoms with E-state index in [2.05, 4.69) is 28.2 Å². The van der Waals surface area contributed by atoms with Gasteiger partial charge in [-0.1, -0.05) is 15.9 Å². The zero-order valence-electron chi connectivity index (χ0n) is 9.00. The van der Waals surface area contributed by atoms with E-state index in [0.717, 1.165) is 22.9 Å². The first-order valence-corrected chi connectivity index (χ1v) is 5.97. The summed E-state index contributed by atoms with van der Waals surface area (Å²) in [6.45, 7) is 2.69. The van der Waals surface area contributed by atoms with Gasteiger partial charge in [-0.05, 0) is 31.9 Å². The van der Waals surface area contributed by atoms with E-state index >= 15 is 0 Å². The number of halogens is 1. The number of nitro groups is 1. The van der Waals surface area contributed by atoms with Crippen LogP contribution in [0.3, 0.4) is 0 Å². The van der Waals surface area contributed by atoms with Crippen LogP contribution in [0.5, 0.6) is 0 Å². The minimum atomic E-state index is -0.336. The van der Waals surface area contributed by atoms with Crippen LogP contribution in [0.15, 0.2) is 22.7 Å². The Balaban J connectivity index is 2.15. The van der Waals surface area contributed by atoms with E-state index in [-0.39, 0.29) is 16.1 Å². The summed E-state index contributed by atoms with van der Waals surface area (Å²) >= 11 is 3.24. The van der Waals surface area contributed by atoms with Crippen molar-refractivity contribution in [3.63, 3.8) is 0 Å². The first-order valence-electron chi connectivity index (χ1n) is 5.18. The molecule has 1 aliphatic rings. The molecule has 5 heteroatoms. The quantitative estimate of drug-likeness (QED) is 0.683. The van der Waals surface area contributed by atoms with Crippen molar-refractivity contribution in [2.75, 3.05) is 0 Å². The van der Waals surface area contributed by atoms with Crippen LogP contribution < -0.4 is 5.32 Å². The van der Waals surface area contributed by atoms with Crippen LogP contribution in [0, 0.1) is 10.1 Å². The van der Waals surface area contributed by atoms with Crippen molar-refractivity contribution in [3.05, 3.63) is 38.3 Å². The first-order chi connectivity index (χ1) is 7.50. The normalized spacial score (nSPS) is 17.1. The van der Waals surface area contributed by atoms with E-state index in [1.807, 2.05) is 6.07 Å². The number of hydrogen-bond acceptors (Lipinski definition) is 3. The standard InChI is InChI=1S/C11H13BrN2O2/c1-11(4-5-11)13-7-8-2-3-9(12)6-10(8)14(15)16/h2-3,6,13H,4-5,7H2,1H3. The molecule has 1 fully saturated rings. The molecule has 0 spiro atoms. The zero-order chi connectivity index (χ0) is 11.8. The Hall–Kier alpha value is -0.940. The molecule has 0 atom stereocenters. The fraction of sp³-hybridized carbons (Fsp3) is 0.455. The third kappa shape index (κ3) is 2.59. The van der Waals surface area contributed by atoms with Crippen molar-refractivity contribution < 1.29 is 4.92 Å². The summed E-state index contributed by atoms with van der Waals surface area (Å²) in [6, 6.07) is 5.17. The molecule has 2 rings (SSSR count). The molecule has 1 N–H and O–H groups in total. The van der Waals surface area contributed by atoms with E-state index in [1.165, 1.54) is 0 Å². The second kappa shape index (κ2) is 4.14. The molecular formula is C11H13BrN2O2. The molecule has 0 aliphatic heterocycles. The fourth-order valence-corrected chi connectivity index (χ4v) is 1.88. The van der Waals surface area contributed by atoms with Gasteiger partial charge in [0.2, 0.25) is 0 Å². The minimum Gasteiger partial charge on any atom is -0.307 e. The molecular weight excluding hydrogens is 272 g/mol. The van der Waals surface area contributed by atoms with Gasteiger partial charge < -0.3 is 5.32 Å². The van der Waals surface area contributed by atoms with Crippen molar-refractivity contribution in [2.45, 2.75) is 31.8 Å². The van der Waals surface area contributed by atoms with Gasteiger partial charge in [-0.25, -0.2) is 0 Å². The molecule has 16 heavy (non-hydrogen) atoms. The topological polar surface area (TPSA) is 55.2 Å². The van der Waals surface area contributed by atoms with Crippen LogP contribution in [-0.2, 0) is 6.54 Å². The van der Waals surface area contributed by atoms with Gasteiger partial charge in [-0.15, -0.1) is 0 Å². The molecule has 1 aromatic carbocycles. The predicted molar refractivity (Wildman–Crippen MR) is 65.3 cm³/mol. The van der Waals surface area contributed by atoms with Gasteiger partial charge in [0.05, 0.1) is 4.92 Å². The number of nitrogens with one attached hydrogen (secondary N) is 1. The number of benzene rings is 1. The molecule has 1 saturated carbocycles. The zero-order valence-corrected chi connectivity index (χ0v) is 10.6. The van der Waals surface area contributed by atoms with Gasteiger partial charge in [0.15, 0.2) is 0 Å². The Bertz CT molecular complexity index is 430. The molecule has 4 nitrogen and oxygen atoms in total. The van der Waals surface area contributed by atoms with Crippen LogP contribution in [0.1, 0.15) is 25.3 Å². The first kappa shape index (κ1) is 11.5. The summed E-state index contributed by atoms with van der Waals surface area (Å²) in [5, 5.41) is 14.2. The highest BCUT2D eigenvalue weighted by Crippen LogP contribution is 2.35. The Morgan fingerprint density at radius 3 is 2.81 bits per heavy atom. The number of hydrogen-bond donors (Lipinski definition) is 1. The van der Waals surface area contributed by atoms with Crippen molar-refractivity contribution in [2.24, 2.45) is 0 Å². The van der Waals surface area contributed by atoms with E-state index in [1.54, 1.807) is 12.1 Å². The molecule has 0 unspecified atom stereocenters. The highest BCUT2D eigenvalue weighted by molar-refractivity contribution is 9.10. The molecule has 0 heterocycles. The molecule has 86 valence electrons. The summed E-state index contributed by atoms with van der Waals surface area (Å²) in [5.41, 5.74) is 1.11. The average Bonchev–Trinajstić information content (AvgIpc) is 2.95. The van der Waals surface area contributed by atoms with Gasteiger partial charge in [0, 0.05) is 28.2 Å². The van der Waals surface area contributed by atoms with E-state index < -0.39 is 0 Å². The smallest absolute Gasteiger partial charge is 0.275 e. The highest BCUT2D eigenvalue weighted by atomic mass is 79.9. The van der Waals surface area contributed by atoms with Crippen LogP contribution in [0.25, 0.3) is 0 Å². The number of rotatable bonds is 4. The number of nitrogens with zero attached hydrogens (tertiary/aromatic N) is 1. The van der Waals surface area contributed by atoms with Gasteiger partial charge in [0.1, 0.15) is 0 Å². The maximum absolute atomic E-state index is 10.9. The van der Waals surface area contributed by atoms with Crippen molar-refractivity contribution in [1.29, 1.82) is 0 Å². The van der Waals surface area contributed by atoms with Gasteiger partial charge in [-0.3, -0.25) is 10.1 Å². The van der Waals surface area contributed by atoms with Crippen molar-refractivity contribution in [3.8, 4) is 0 Å². The number of nitro benzene ring substituents is 1.